The largest absolute Gasteiger partial charge is 0.355 e. The molecular formula is C43H29N5. The molecule has 6 heterocycles. The monoisotopic (exact) mass is 615 g/mol. The number of nitrogens with one attached hydrogen (secondary N) is 2. The average Bonchev–Trinajstić information content (AvgIpc) is 3.94. The van der Waals surface area contributed by atoms with Crippen LogP contribution in [0.2, 0.25) is 0 Å². The Morgan fingerprint density at radius 2 is 1.06 bits per heavy atom. The fourth-order valence-corrected chi connectivity index (χ4v) is 6.65. The SMILES string of the molecule is C1=Cc2cc3[nH]c(c(-c4ccccc4)c4nc(cc5ccc(cc1n2)[nH]5)C=C4c1ccccc1)c(-c1ccccc1)c3-c1ccccn1. The summed E-state index contributed by atoms with van der Waals surface area (Å²) in [5.41, 5.74) is 15.6. The molecule has 0 unspecified atom stereocenters. The van der Waals surface area contributed by atoms with Gasteiger partial charge in [0.25, 0.3) is 0 Å². The first-order valence-electron chi connectivity index (χ1n) is 16.0. The van der Waals surface area contributed by atoms with Gasteiger partial charge in [0.2, 0.25) is 0 Å². The molecule has 2 aliphatic rings. The lowest BCUT2D eigenvalue weighted by molar-refractivity contribution is 1.30. The lowest BCUT2D eigenvalue weighted by Gasteiger charge is -2.12. The minimum atomic E-state index is 0.858. The number of aromatic amines is 2. The van der Waals surface area contributed by atoms with Gasteiger partial charge in [-0.2, -0.15) is 0 Å². The van der Waals surface area contributed by atoms with Crippen molar-refractivity contribution in [2.75, 3.05) is 0 Å². The standard InChI is InChI=1S/C43H29N5/c1-4-12-28(13-5-1)36-26-35-25-33-20-19-31(45-33)24-32-21-22-34(46-32)27-38-41(37-18-10-11-23-44-37)39(29-14-6-2-7-15-29)43(48-38)40(42(36)47-35)30-16-8-3-9-17-30/h1-27,45,48H. The van der Waals surface area contributed by atoms with Crippen LogP contribution in [-0.4, -0.2) is 24.9 Å². The Kier molecular flexibility index (Phi) is 6.72. The molecule has 2 N–H and O–H groups in total. The van der Waals surface area contributed by atoms with Crippen LogP contribution in [0.1, 0.15) is 28.3 Å². The number of hydrogen-bond acceptors (Lipinski definition) is 3. The van der Waals surface area contributed by atoms with Gasteiger partial charge in [0.15, 0.2) is 0 Å². The number of rotatable bonds is 4. The summed E-state index contributed by atoms with van der Waals surface area (Å²) < 4.78 is 0. The van der Waals surface area contributed by atoms with Crippen LogP contribution in [0, 0.1) is 0 Å². The highest BCUT2D eigenvalue weighted by Gasteiger charge is 2.24. The number of aromatic nitrogens is 5. The molecule has 48 heavy (non-hydrogen) atoms. The molecular weight excluding hydrogens is 587 g/mol. The molecule has 0 aliphatic carbocycles. The van der Waals surface area contributed by atoms with Gasteiger partial charge in [-0.25, -0.2) is 9.97 Å². The van der Waals surface area contributed by atoms with Gasteiger partial charge in [-0.3, -0.25) is 4.98 Å². The Labute approximate surface area is 277 Å². The molecule has 0 saturated carbocycles. The third kappa shape index (κ3) is 5.04. The van der Waals surface area contributed by atoms with E-state index in [4.69, 9.17) is 15.0 Å². The van der Waals surface area contributed by atoms with E-state index in [-0.39, 0.29) is 0 Å². The second-order valence-corrected chi connectivity index (χ2v) is 11.9. The second kappa shape index (κ2) is 11.6. The van der Waals surface area contributed by atoms with Crippen molar-refractivity contribution >= 4 is 45.9 Å². The molecule has 7 aromatic rings. The summed E-state index contributed by atoms with van der Waals surface area (Å²) >= 11 is 0. The molecule has 0 atom stereocenters. The highest BCUT2D eigenvalue weighted by molar-refractivity contribution is 6.10. The minimum Gasteiger partial charge on any atom is -0.355 e. The van der Waals surface area contributed by atoms with E-state index >= 15 is 0 Å². The van der Waals surface area contributed by atoms with Gasteiger partial charge in [-0.1, -0.05) is 97.1 Å². The van der Waals surface area contributed by atoms with Crippen LogP contribution in [0.4, 0.5) is 0 Å². The zero-order chi connectivity index (χ0) is 31.9. The summed E-state index contributed by atoms with van der Waals surface area (Å²) in [4.78, 5) is 22.7. The highest BCUT2D eigenvalue weighted by Crippen LogP contribution is 2.45. The van der Waals surface area contributed by atoms with E-state index in [1.807, 2.05) is 18.3 Å². The van der Waals surface area contributed by atoms with E-state index in [1.54, 1.807) is 0 Å². The first kappa shape index (κ1) is 27.7. The molecule has 5 nitrogen and oxygen atoms in total. The third-order valence-corrected chi connectivity index (χ3v) is 8.75. The molecule has 226 valence electrons. The lowest BCUT2D eigenvalue weighted by atomic mass is 9.92. The molecule has 9 rings (SSSR count). The molecule has 0 spiro atoms. The Hall–Kier alpha value is -6.59. The van der Waals surface area contributed by atoms with Crippen LogP contribution in [0.3, 0.4) is 0 Å². The summed E-state index contributed by atoms with van der Waals surface area (Å²) in [6.07, 6.45) is 8.16. The van der Waals surface area contributed by atoms with Crippen LogP contribution in [-0.2, 0) is 0 Å². The van der Waals surface area contributed by atoms with E-state index in [1.165, 1.54) is 0 Å². The predicted molar refractivity (Wildman–Crippen MR) is 197 cm³/mol. The predicted octanol–water partition coefficient (Wildman–Crippen LogP) is 10.5. The van der Waals surface area contributed by atoms with Gasteiger partial charge < -0.3 is 9.97 Å². The van der Waals surface area contributed by atoms with Crippen molar-refractivity contribution in [1.29, 1.82) is 0 Å². The molecule has 0 radical (unpaired) electrons. The maximum absolute atomic E-state index is 5.41. The Bertz CT molecular complexity index is 2530. The molecule has 0 amide bonds. The number of H-pyrrole nitrogens is 2. The number of fused-ring (bicyclic) bond motifs is 8. The zero-order valence-corrected chi connectivity index (χ0v) is 25.9. The first-order chi connectivity index (χ1) is 23.8. The maximum Gasteiger partial charge on any atom is 0.0815 e. The van der Waals surface area contributed by atoms with Crippen LogP contribution in [0.25, 0.3) is 79.4 Å². The zero-order valence-electron chi connectivity index (χ0n) is 25.9. The normalized spacial score (nSPS) is 12.2. The average molecular weight is 616 g/mol. The molecule has 3 aromatic carbocycles. The van der Waals surface area contributed by atoms with E-state index in [9.17, 15) is 0 Å². The summed E-state index contributed by atoms with van der Waals surface area (Å²) in [6.45, 7) is 0. The molecule has 2 aliphatic heterocycles. The number of nitrogens with zero attached hydrogens (tertiary/aromatic N) is 3. The molecule has 4 aromatic heterocycles. The van der Waals surface area contributed by atoms with Crippen molar-refractivity contribution in [1.82, 2.24) is 24.9 Å². The van der Waals surface area contributed by atoms with Crippen LogP contribution in [0.5, 0.6) is 0 Å². The summed E-state index contributed by atoms with van der Waals surface area (Å²) in [5, 5.41) is 0. The Morgan fingerprint density at radius 3 is 1.73 bits per heavy atom. The number of hydrogen-bond donors (Lipinski definition) is 2. The summed E-state index contributed by atoms with van der Waals surface area (Å²) in [6, 6.07) is 48.2. The number of pyridine rings is 1. The topological polar surface area (TPSA) is 70.2 Å². The third-order valence-electron chi connectivity index (χ3n) is 8.75. The van der Waals surface area contributed by atoms with Gasteiger partial charge in [0.05, 0.1) is 39.5 Å². The van der Waals surface area contributed by atoms with Crippen molar-refractivity contribution in [2.24, 2.45) is 0 Å². The maximum atomic E-state index is 5.41. The number of benzene rings is 3. The quantitative estimate of drug-likeness (QED) is 0.207. The van der Waals surface area contributed by atoms with Crippen molar-refractivity contribution in [3.05, 3.63) is 174 Å². The fourth-order valence-electron chi connectivity index (χ4n) is 6.65. The lowest BCUT2D eigenvalue weighted by Crippen LogP contribution is -1.93. The summed E-state index contributed by atoms with van der Waals surface area (Å²) in [7, 11) is 0. The van der Waals surface area contributed by atoms with Crippen molar-refractivity contribution < 1.29 is 0 Å². The Morgan fingerprint density at radius 1 is 0.458 bits per heavy atom. The van der Waals surface area contributed by atoms with Gasteiger partial charge in [-0.05, 0) is 77.4 Å². The van der Waals surface area contributed by atoms with Crippen LogP contribution < -0.4 is 0 Å². The van der Waals surface area contributed by atoms with Crippen molar-refractivity contribution in [3.63, 3.8) is 0 Å². The van der Waals surface area contributed by atoms with E-state index in [0.29, 0.717) is 0 Å². The molecule has 0 fully saturated rings. The molecule has 8 bridgehead atoms. The van der Waals surface area contributed by atoms with Gasteiger partial charge in [-0.15, -0.1) is 0 Å². The fraction of sp³-hybridized carbons (Fsp3) is 0. The smallest absolute Gasteiger partial charge is 0.0815 e. The van der Waals surface area contributed by atoms with E-state index < -0.39 is 0 Å². The molecule has 0 saturated heterocycles. The van der Waals surface area contributed by atoms with Gasteiger partial charge >= 0.3 is 0 Å². The van der Waals surface area contributed by atoms with Crippen LogP contribution >= 0.6 is 0 Å². The van der Waals surface area contributed by atoms with Gasteiger partial charge in [0, 0.05) is 39.5 Å². The van der Waals surface area contributed by atoms with Crippen LogP contribution in [0.15, 0.2) is 146 Å². The van der Waals surface area contributed by atoms with Crippen molar-refractivity contribution in [2.45, 2.75) is 0 Å². The molecule has 5 heteroatoms. The van der Waals surface area contributed by atoms with E-state index in [0.717, 1.165) is 89.5 Å². The van der Waals surface area contributed by atoms with Crippen molar-refractivity contribution in [3.8, 4) is 33.5 Å². The highest BCUT2D eigenvalue weighted by atomic mass is 14.8. The minimum absolute atomic E-state index is 0.858. The summed E-state index contributed by atoms with van der Waals surface area (Å²) in [5.74, 6) is 0. The second-order valence-electron chi connectivity index (χ2n) is 11.9. The van der Waals surface area contributed by atoms with E-state index in [2.05, 4.69) is 156 Å². The Balaban J connectivity index is 1.54. The van der Waals surface area contributed by atoms with Gasteiger partial charge in [0.1, 0.15) is 0 Å². The first-order valence-corrected chi connectivity index (χ1v) is 16.0.